The Morgan fingerprint density at radius 3 is 1.75 bits per heavy atom. The van der Waals surface area contributed by atoms with Gasteiger partial charge in [-0.05, 0) is 59.7 Å². The number of rotatable bonds is 5. The standard InChI is InChI=1S/C47H28N4O/c48-29-30-24-25-41-39(26-30)35-20-10-12-22-40(35)51(41)45-37(31-14-4-1-5-15-31)27-34(28-38(45)32-16-6-2-7-17-32)43-46-44(36-21-11-13-23-42(36)52-46)50-47(49-43)33-18-8-3-9-19-33/h1-28H. The largest absolute Gasteiger partial charge is 0.452 e. The van der Waals surface area contributed by atoms with Crippen molar-refractivity contribution < 1.29 is 4.42 Å². The minimum Gasteiger partial charge on any atom is -0.452 e. The van der Waals surface area contributed by atoms with Crippen LogP contribution >= 0.6 is 0 Å². The summed E-state index contributed by atoms with van der Waals surface area (Å²) in [7, 11) is 0. The Bertz CT molecular complexity index is 2950. The Balaban J connectivity index is 1.37. The normalized spacial score (nSPS) is 11.4. The van der Waals surface area contributed by atoms with Crippen LogP contribution in [0.1, 0.15) is 5.56 Å². The monoisotopic (exact) mass is 664 g/mol. The molecule has 0 amide bonds. The molecule has 0 fully saturated rings. The summed E-state index contributed by atoms with van der Waals surface area (Å²) in [5, 5.41) is 12.9. The van der Waals surface area contributed by atoms with E-state index in [1.54, 1.807) is 0 Å². The maximum absolute atomic E-state index is 9.86. The van der Waals surface area contributed by atoms with Crippen molar-refractivity contribution in [3.63, 3.8) is 0 Å². The fraction of sp³-hybridized carbons (Fsp3) is 0. The lowest BCUT2D eigenvalue weighted by Gasteiger charge is -2.21. The average molecular weight is 665 g/mol. The molecule has 0 N–H and O–H groups in total. The molecule has 52 heavy (non-hydrogen) atoms. The highest BCUT2D eigenvalue weighted by molar-refractivity contribution is 6.12. The third kappa shape index (κ3) is 4.70. The predicted molar refractivity (Wildman–Crippen MR) is 210 cm³/mol. The number of hydrogen-bond acceptors (Lipinski definition) is 4. The fourth-order valence-electron chi connectivity index (χ4n) is 7.47. The Hall–Kier alpha value is -7.29. The lowest BCUT2D eigenvalue weighted by Crippen LogP contribution is -2.02. The van der Waals surface area contributed by atoms with E-state index < -0.39 is 0 Å². The van der Waals surface area contributed by atoms with E-state index in [1.165, 1.54) is 0 Å². The first-order valence-electron chi connectivity index (χ1n) is 17.2. The molecular formula is C47H28N4O. The fourth-order valence-corrected chi connectivity index (χ4v) is 7.47. The third-order valence-electron chi connectivity index (χ3n) is 9.83. The van der Waals surface area contributed by atoms with E-state index in [4.69, 9.17) is 14.4 Å². The second kappa shape index (κ2) is 11.9. The summed E-state index contributed by atoms with van der Waals surface area (Å²) >= 11 is 0. The van der Waals surface area contributed by atoms with Gasteiger partial charge in [0.2, 0.25) is 0 Å². The molecule has 0 atom stereocenters. The number of aromatic nitrogens is 3. The van der Waals surface area contributed by atoms with Crippen LogP contribution in [0, 0.1) is 11.3 Å². The molecule has 0 aliphatic rings. The minimum absolute atomic E-state index is 0.630. The van der Waals surface area contributed by atoms with Crippen LogP contribution in [0.5, 0.6) is 0 Å². The van der Waals surface area contributed by atoms with E-state index >= 15 is 0 Å². The second-order valence-corrected chi connectivity index (χ2v) is 12.9. The van der Waals surface area contributed by atoms with Crippen molar-refractivity contribution in [1.82, 2.24) is 14.5 Å². The van der Waals surface area contributed by atoms with Crippen molar-refractivity contribution in [1.29, 1.82) is 5.26 Å². The Labute approximate surface area is 299 Å². The van der Waals surface area contributed by atoms with E-state index in [0.29, 0.717) is 17.0 Å². The molecule has 3 aromatic heterocycles. The zero-order valence-corrected chi connectivity index (χ0v) is 27.9. The first kappa shape index (κ1) is 29.6. The van der Waals surface area contributed by atoms with Gasteiger partial charge in [-0.3, -0.25) is 0 Å². The van der Waals surface area contributed by atoms with Crippen LogP contribution in [0.3, 0.4) is 0 Å². The minimum atomic E-state index is 0.630. The van der Waals surface area contributed by atoms with Crippen molar-refractivity contribution >= 4 is 43.9 Å². The summed E-state index contributed by atoms with van der Waals surface area (Å²) in [6.45, 7) is 0. The van der Waals surface area contributed by atoms with Crippen LogP contribution < -0.4 is 0 Å². The number of hydrogen-bond donors (Lipinski definition) is 0. The molecule has 7 aromatic carbocycles. The first-order valence-corrected chi connectivity index (χ1v) is 17.2. The summed E-state index contributed by atoms with van der Waals surface area (Å²) in [4.78, 5) is 10.4. The lowest BCUT2D eigenvalue weighted by atomic mass is 9.91. The van der Waals surface area contributed by atoms with Gasteiger partial charge in [-0.15, -0.1) is 0 Å². The van der Waals surface area contributed by atoms with Gasteiger partial charge >= 0.3 is 0 Å². The Kier molecular flexibility index (Phi) is 6.80. The third-order valence-corrected chi connectivity index (χ3v) is 9.83. The molecule has 10 rings (SSSR count). The van der Waals surface area contributed by atoms with Crippen molar-refractivity contribution in [3.8, 4) is 56.7 Å². The van der Waals surface area contributed by atoms with Gasteiger partial charge < -0.3 is 8.98 Å². The van der Waals surface area contributed by atoms with Crippen molar-refractivity contribution in [2.24, 2.45) is 0 Å². The maximum atomic E-state index is 9.86. The van der Waals surface area contributed by atoms with Crippen LogP contribution in [-0.2, 0) is 0 Å². The summed E-state index contributed by atoms with van der Waals surface area (Å²) in [6.07, 6.45) is 0. The highest BCUT2D eigenvalue weighted by atomic mass is 16.3. The highest BCUT2D eigenvalue weighted by Gasteiger charge is 2.24. The second-order valence-electron chi connectivity index (χ2n) is 12.9. The Morgan fingerprint density at radius 2 is 1.08 bits per heavy atom. The van der Waals surface area contributed by atoms with Crippen LogP contribution in [0.2, 0.25) is 0 Å². The van der Waals surface area contributed by atoms with Gasteiger partial charge in [-0.25, -0.2) is 9.97 Å². The molecular weight excluding hydrogens is 637 g/mol. The van der Waals surface area contributed by atoms with Gasteiger partial charge in [-0.2, -0.15) is 5.26 Å². The van der Waals surface area contributed by atoms with Gasteiger partial charge in [0, 0.05) is 38.4 Å². The van der Waals surface area contributed by atoms with E-state index in [-0.39, 0.29) is 0 Å². The molecule has 0 bridgehead atoms. The van der Waals surface area contributed by atoms with Gasteiger partial charge in [-0.1, -0.05) is 121 Å². The van der Waals surface area contributed by atoms with Gasteiger partial charge in [0.05, 0.1) is 28.4 Å². The van der Waals surface area contributed by atoms with Gasteiger partial charge in [0.25, 0.3) is 0 Å². The molecule has 0 spiro atoms. The molecule has 3 heterocycles. The van der Waals surface area contributed by atoms with Crippen LogP contribution in [-0.4, -0.2) is 14.5 Å². The SMILES string of the molecule is N#Cc1ccc2c(c1)c1ccccc1n2-c1c(-c2ccccc2)cc(-c2nc(-c3ccccc3)nc3c2oc2ccccc23)cc1-c1ccccc1. The van der Waals surface area contributed by atoms with Gasteiger partial charge in [0.1, 0.15) is 16.8 Å². The lowest BCUT2D eigenvalue weighted by molar-refractivity contribution is 0.667. The number of benzene rings is 7. The number of furan rings is 1. The number of fused-ring (bicyclic) bond motifs is 6. The predicted octanol–water partition coefficient (Wildman–Crippen LogP) is 12.0. The number of nitrogens with zero attached hydrogens (tertiary/aromatic N) is 4. The molecule has 0 aliphatic heterocycles. The van der Waals surface area contributed by atoms with Crippen LogP contribution in [0.15, 0.2) is 174 Å². The van der Waals surface area contributed by atoms with Gasteiger partial charge in [0.15, 0.2) is 11.4 Å². The molecule has 0 saturated heterocycles. The van der Waals surface area contributed by atoms with E-state index in [9.17, 15) is 5.26 Å². The molecule has 10 aromatic rings. The zero-order valence-electron chi connectivity index (χ0n) is 27.9. The number of para-hydroxylation sites is 2. The molecule has 5 heteroatoms. The quantitative estimate of drug-likeness (QED) is 0.184. The zero-order chi connectivity index (χ0) is 34.6. The van der Waals surface area contributed by atoms with Crippen LogP contribution in [0.25, 0.3) is 94.5 Å². The average Bonchev–Trinajstić information content (AvgIpc) is 3.76. The summed E-state index contributed by atoms with van der Waals surface area (Å²) in [6, 6.07) is 60.4. The topological polar surface area (TPSA) is 67.6 Å². The van der Waals surface area contributed by atoms with Crippen molar-refractivity contribution in [3.05, 3.63) is 175 Å². The number of nitriles is 1. The first-order chi connectivity index (χ1) is 25.7. The molecule has 242 valence electrons. The molecule has 0 aliphatic carbocycles. The molecule has 0 unspecified atom stereocenters. The summed E-state index contributed by atoms with van der Waals surface area (Å²) in [5.74, 6) is 0.636. The van der Waals surface area contributed by atoms with E-state index in [2.05, 4.69) is 108 Å². The summed E-state index contributed by atoms with van der Waals surface area (Å²) in [5.41, 5.74) is 12.7. The highest BCUT2D eigenvalue weighted by Crippen LogP contribution is 2.45. The maximum Gasteiger partial charge on any atom is 0.180 e. The van der Waals surface area contributed by atoms with Crippen molar-refractivity contribution in [2.45, 2.75) is 0 Å². The smallest absolute Gasteiger partial charge is 0.180 e. The molecule has 0 saturated carbocycles. The summed E-state index contributed by atoms with van der Waals surface area (Å²) < 4.78 is 8.96. The molecule has 5 nitrogen and oxygen atoms in total. The Morgan fingerprint density at radius 1 is 0.500 bits per heavy atom. The molecule has 0 radical (unpaired) electrons. The van der Waals surface area contributed by atoms with Crippen molar-refractivity contribution in [2.75, 3.05) is 0 Å². The van der Waals surface area contributed by atoms with E-state index in [1.807, 2.05) is 72.8 Å². The van der Waals surface area contributed by atoms with E-state index in [0.717, 1.165) is 83.1 Å². The van der Waals surface area contributed by atoms with Crippen LogP contribution in [0.4, 0.5) is 0 Å².